The van der Waals surface area contributed by atoms with Gasteiger partial charge in [-0.1, -0.05) is 82.7 Å². The average Bonchev–Trinajstić information content (AvgIpc) is 2.40. The molecule has 3 rings (SSSR count). The maximum Gasteiger partial charge on any atom is 0.0729 e. The molecular weight excluding hydrogens is 272 g/mol. The molecule has 0 N–H and O–H groups in total. The third kappa shape index (κ3) is 1.96. The molecule has 2 aromatic rings. The van der Waals surface area contributed by atoms with Crippen molar-refractivity contribution in [3.05, 3.63) is 77.4 Å². The predicted molar refractivity (Wildman–Crippen MR) is 76.2 cm³/mol. The maximum atomic E-state index is 3.89. The van der Waals surface area contributed by atoms with Crippen molar-refractivity contribution in [1.82, 2.24) is 0 Å². The molecule has 0 radical (unpaired) electrons. The first-order valence-electron chi connectivity index (χ1n) is 5.79. The largest absolute Gasteiger partial charge is 0.0752 e. The van der Waals surface area contributed by atoms with Crippen LogP contribution in [0.15, 0.2) is 60.7 Å². The van der Waals surface area contributed by atoms with E-state index in [4.69, 9.17) is 0 Å². The van der Waals surface area contributed by atoms with Gasteiger partial charge < -0.3 is 0 Å². The fourth-order valence-corrected chi connectivity index (χ4v) is 3.03. The number of fused-ring (bicyclic) bond motifs is 1. The van der Waals surface area contributed by atoms with Crippen molar-refractivity contribution in [2.45, 2.75) is 10.7 Å². The Labute approximate surface area is 110 Å². The lowest BCUT2D eigenvalue weighted by Gasteiger charge is -2.29. The summed E-state index contributed by atoms with van der Waals surface area (Å²) < 4.78 is -0.0530. The third-order valence-corrected chi connectivity index (χ3v) is 4.29. The third-order valence-electron chi connectivity index (χ3n) is 3.28. The molecule has 84 valence electrons. The Hall–Kier alpha value is -1.34. The molecular formula is C16H13Br. The zero-order valence-corrected chi connectivity index (χ0v) is 11.0. The summed E-state index contributed by atoms with van der Waals surface area (Å²) in [4.78, 5) is 0. The number of rotatable bonds is 1. The second-order valence-electron chi connectivity index (χ2n) is 4.44. The molecule has 0 nitrogen and oxygen atoms in total. The molecule has 0 bridgehead atoms. The summed E-state index contributed by atoms with van der Waals surface area (Å²) in [6, 6.07) is 19.2. The minimum absolute atomic E-state index is 0.0530. The Morgan fingerprint density at radius 3 is 2.41 bits per heavy atom. The lowest BCUT2D eigenvalue weighted by molar-refractivity contribution is 0.774. The van der Waals surface area contributed by atoms with Crippen LogP contribution in [-0.2, 0) is 10.7 Å². The highest BCUT2D eigenvalue weighted by molar-refractivity contribution is 9.09. The Kier molecular flexibility index (Phi) is 2.64. The van der Waals surface area contributed by atoms with Gasteiger partial charge in [-0.05, 0) is 23.1 Å². The van der Waals surface area contributed by atoms with E-state index in [1.54, 1.807) is 0 Å². The lowest BCUT2D eigenvalue weighted by atomic mass is 9.85. The van der Waals surface area contributed by atoms with Crippen LogP contribution in [0.3, 0.4) is 0 Å². The van der Waals surface area contributed by atoms with Crippen molar-refractivity contribution < 1.29 is 0 Å². The van der Waals surface area contributed by atoms with Crippen molar-refractivity contribution in [2.24, 2.45) is 0 Å². The van der Waals surface area contributed by atoms with Gasteiger partial charge in [0.05, 0.1) is 4.32 Å². The van der Waals surface area contributed by atoms with E-state index in [0.717, 1.165) is 6.42 Å². The van der Waals surface area contributed by atoms with Gasteiger partial charge in [-0.25, -0.2) is 0 Å². The van der Waals surface area contributed by atoms with Gasteiger partial charge in [0.15, 0.2) is 0 Å². The molecule has 0 heterocycles. The zero-order valence-electron chi connectivity index (χ0n) is 9.44. The molecule has 1 heteroatoms. The van der Waals surface area contributed by atoms with Gasteiger partial charge in [0.1, 0.15) is 0 Å². The predicted octanol–water partition coefficient (Wildman–Crippen LogP) is 4.55. The molecule has 0 saturated carbocycles. The number of alkyl halides is 1. The molecule has 0 amide bonds. The van der Waals surface area contributed by atoms with Gasteiger partial charge in [0, 0.05) is 0 Å². The minimum Gasteiger partial charge on any atom is -0.0752 e. The summed E-state index contributed by atoms with van der Waals surface area (Å²) >= 11 is 3.89. The highest BCUT2D eigenvalue weighted by Crippen LogP contribution is 2.40. The van der Waals surface area contributed by atoms with E-state index in [-0.39, 0.29) is 4.32 Å². The number of hydrogen-bond acceptors (Lipinski definition) is 0. The Morgan fingerprint density at radius 2 is 1.59 bits per heavy atom. The molecule has 1 unspecified atom stereocenters. The molecule has 2 aromatic carbocycles. The molecule has 0 aliphatic heterocycles. The van der Waals surface area contributed by atoms with Crippen molar-refractivity contribution in [3.63, 3.8) is 0 Å². The van der Waals surface area contributed by atoms with E-state index in [9.17, 15) is 0 Å². The van der Waals surface area contributed by atoms with E-state index in [0.29, 0.717) is 0 Å². The van der Waals surface area contributed by atoms with Crippen LogP contribution in [0.25, 0.3) is 6.08 Å². The summed E-state index contributed by atoms with van der Waals surface area (Å²) in [7, 11) is 0. The first kappa shape index (κ1) is 10.8. The Balaban J connectivity index is 2.04. The monoisotopic (exact) mass is 284 g/mol. The zero-order chi connectivity index (χ0) is 11.7. The Bertz CT molecular complexity index is 557. The summed E-state index contributed by atoms with van der Waals surface area (Å²) in [6.45, 7) is 0. The molecule has 0 fully saturated rings. The highest BCUT2D eigenvalue weighted by Gasteiger charge is 2.29. The van der Waals surface area contributed by atoms with Crippen LogP contribution >= 0.6 is 15.9 Å². The fourth-order valence-electron chi connectivity index (χ4n) is 2.33. The van der Waals surface area contributed by atoms with Gasteiger partial charge in [0.2, 0.25) is 0 Å². The SMILES string of the molecule is BrC1(c2ccccc2)C=Cc2ccccc2C1. The van der Waals surface area contributed by atoms with E-state index < -0.39 is 0 Å². The number of allylic oxidation sites excluding steroid dienone is 1. The first-order valence-corrected chi connectivity index (χ1v) is 6.59. The van der Waals surface area contributed by atoms with Crippen molar-refractivity contribution >= 4 is 22.0 Å². The first-order chi connectivity index (χ1) is 8.28. The average molecular weight is 285 g/mol. The van der Waals surface area contributed by atoms with E-state index in [2.05, 4.69) is 82.7 Å². The summed E-state index contributed by atoms with van der Waals surface area (Å²) in [5.74, 6) is 0. The van der Waals surface area contributed by atoms with E-state index in [1.165, 1.54) is 16.7 Å². The quantitative estimate of drug-likeness (QED) is 0.674. The molecule has 1 aliphatic carbocycles. The van der Waals surface area contributed by atoms with Crippen LogP contribution in [0.1, 0.15) is 16.7 Å². The summed E-state index contributed by atoms with van der Waals surface area (Å²) in [5.41, 5.74) is 4.04. The molecule has 17 heavy (non-hydrogen) atoms. The van der Waals surface area contributed by atoms with Crippen LogP contribution in [0.4, 0.5) is 0 Å². The van der Waals surface area contributed by atoms with Crippen LogP contribution in [0, 0.1) is 0 Å². The van der Waals surface area contributed by atoms with Crippen LogP contribution in [-0.4, -0.2) is 0 Å². The van der Waals surface area contributed by atoms with Crippen molar-refractivity contribution in [1.29, 1.82) is 0 Å². The fraction of sp³-hybridized carbons (Fsp3) is 0.125. The van der Waals surface area contributed by atoms with Gasteiger partial charge in [-0.15, -0.1) is 0 Å². The second kappa shape index (κ2) is 4.15. The number of benzene rings is 2. The minimum atomic E-state index is -0.0530. The molecule has 0 aromatic heterocycles. The van der Waals surface area contributed by atoms with E-state index in [1.807, 2.05) is 0 Å². The number of hydrogen-bond donors (Lipinski definition) is 0. The lowest BCUT2D eigenvalue weighted by Crippen LogP contribution is -2.21. The smallest absolute Gasteiger partial charge is 0.0729 e. The van der Waals surface area contributed by atoms with Crippen LogP contribution in [0.5, 0.6) is 0 Å². The topological polar surface area (TPSA) is 0 Å². The normalized spacial score (nSPS) is 22.2. The second-order valence-corrected chi connectivity index (χ2v) is 5.85. The highest BCUT2D eigenvalue weighted by atomic mass is 79.9. The van der Waals surface area contributed by atoms with Crippen LogP contribution in [0.2, 0.25) is 0 Å². The Morgan fingerprint density at radius 1 is 0.882 bits per heavy atom. The van der Waals surface area contributed by atoms with Gasteiger partial charge in [-0.3, -0.25) is 0 Å². The number of halogens is 1. The van der Waals surface area contributed by atoms with Gasteiger partial charge in [-0.2, -0.15) is 0 Å². The van der Waals surface area contributed by atoms with Crippen molar-refractivity contribution in [3.8, 4) is 0 Å². The van der Waals surface area contributed by atoms with Gasteiger partial charge in [0.25, 0.3) is 0 Å². The standard InChI is InChI=1S/C16H13Br/c17-16(15-8-2-1-3-9-15)11-10-13-6-4-5-7-14(13)12-16/h1-11H,12H2. The van der Waals surface area contributed by atoms with Gasteiger partial charge >= 0.3 is 0 Å². The van der Waals surface area contributed by atoms with E-state index >= 15 is 0 Å². The van der Waals surface area contributed by atoms with Crippen molar-refractivity contribution in [2.75, 3.05) is 0 Å². The molecule has 1 atom stereocenters. The molecule has 0 spiro atoms. The summed E-state index contributed by atoms with van der Waals surface area (Å²) in [5, 5.41) is 0. The van der Waals surface area contributed by atoms with Crippen LogP contribution < -0.4 is 0 Å². The molecule has 1 aliphatic rings. The summed E-state index contributed by atoms with van der Waals surface area (Å²) in [6.07, 6.45) is 5.47. The molecule has 0 saturated heterocycles. The maximum absolute atomic E-state index is 3.89.